The molecule has 1 rings (SSSR count). The van der Waals surface area contributed by atoms with Gasteiger partial charge in [-0.25, -0.2) is 4.39 Å². The molecular formula is C11H10BrF3O3. The van der Waals surface area contributed by atoms with Gasteiger partial charge in [0.25, 0.3) is 0 Å². The van der Waals surface area contributed by atoms with Crippen LogP contribution in [0, 0.1) is 5.82 Å². The molecule has 100 valence electrons. The standard InChI is InChI=1S/C11H10BrF3O3/c1-17-10(16)3-6-2-7(5-12)9(4-8(6)13)18-11(14)15/h2,4,11H,3,5H2,1H3. The van der Waals surface area contributed by atoms with Gasteiger partial charge < -0.3 is 9.47 Å². The van der Waals surface area contributed by atoms with Crippen LogP contribution in [-0.4, -0.2) is 19.7 Å². The van der Waals surface area contributed by atoms with Crippen molar-refractivity contribution in [3.8, 4) is 5.75 Å². The van der Waals surface area contributed by atoms with E-state index in [1.807, 2.05) is 0 Å². The van der Waals surface area contributed by atoms with Crippen molar-refractivity contribution in [2.75, 3.05) is 7.11 Å². The van der Waals surface area contributed by atoms with E-state index in [0.29, 0.717) is 5.56 Å². The summed E-state index contributed by atoms with van der Waals surface area (Å²) in [6, 6.07) is 2.12. The molecular weight excluding hydrogens is 317 g/mol. The highest BCUT2D eigenvalue weighted by atomic mass is 79.9. The number of methoxy groups -OCH3 is 1. The van der Waals surface area contributed by atoms with Crippen molar-refractivity contribution < 1.29 is 27.4 Å². The van der Waals surface area contributed by atoms with E-state index in [0.717, 1.165) is 6.07 Å². The maximum Gasteiger partial charge on any atom is 0.387 e. The predicted octanol–water partition coefficient (Wildman–Crippen LogP) is 3.04. The molecule has 0 saturated carbocycles. The second-order valence-electron chi connectivity index (χ2n) is 3.32. The van der Waals surface area contributed by atoms with E-state index >= 15 is 0 Å². The predicted molar refractivity (Wildman–Crippen MR) is 61.4 cm³/mol. The fraction of sp³-hybridized carbons (Fsp3) is 0.364. The first kappa shape index (κ1) is 14.8. The van der Waals surface area contributed by atoms with Gasteiger partial charge >= 0.3 is 12.6 Å². The molecule has 0 aliphatic rings. The van der Waals surface area contributed by atoms with Crippen molar-refractivity contribution in [2.24, 2.45) is 0 Å². The highest BCUT2D eigenvalue weighted by molar-refractivity contribution is 9.08. The smallest absolute Gasteiger partial charge is 0.387 e. The molecule has 0 fully saturated rings. The van der Waals surface area contributed by atoms with Gasteiger partial charge in [0.05, 0.1) is 13.5 Å². The minimum atomic E-state index is -3.03. The van der Waals surface area contributed by atoms with E-state index in [-0.39, 0.29) is 23.1 Å². The van der Waals surface area contributed by atoms with E-state index in [2.05, 4.69) is 25.4 Å². The molecule has 0 unspecified atom stereocenters. The van der Waals surface area contributed by atoms with Crippen molar-refractivity contribution in [3.05, 3.63) is 29.1 Å². The number of hydrogen-bond donors (Lipinski definition) is 0. The third-order valence-electron chi connectivity index (χ3n) is 2.15. The molecule has 1 aromatic carbocycles. The van der Waals surface area contributed by atoms with Gasteiger partial charge in [-0.05, 0) is 11.6 Å². The van der Waals surface area contributed by atoms with Gasteiger partial charge in [0.15, 0.2) is 0 Å². The number of alkyl halides is 3. The molecule has 0 heterocycles. The first-order valence-electron chi connectivity index (χ1n) is 4.86. The fourth-order valence-corrected chi connectivity index (χ4v) is 1.76. The lowest BCUT2D eigenvalue weighted by atomic mass is 10.1. The van der Waals surface area contributed by atoms with Gasteiger partial charge in [-0.3, -0.25) is 4.79 Å². The summed E-state index contributed by atoms with van der Waals surface area (Å²) in [5.41, 5.74) is 0.397. The molecule has 18 heavy (non-hydrogen) atoms. The van der Waals surface area contributed by atoms with Crippen LogP contribution >= 0.6 is 15.9 Å². The Hall–Kier alpha value is -1.24. The van der Waals surface area contributed by atoms with Gasteiger partial charge in [0.1, 0.15) is 11.6 Å². The third kappa shape index (κ3) is 3.90. The highest BCUT2D eigenvalue weighted by Crippen LogP contribution is 2.27. The van der Waals surface area contributed by atoms with Crippen molar-refractivity contribution in [1.82, 2.24) is 0 Å². The molecule has 7 heteroatoms. The minimum Gasteiger partial charge on any atom is -0.469 e. The molecule has 0 aromatic heterocycles. The number of carbonyl (C=O) groups excluding carboxylic acids is 1. The number of rotatable bonds is 5. The van der Waals surface area contributed by atoms with Crippen LogP contribution in [-0.2, 0) is 21.3 Å². The molecule has 0 spiro atoms. The summed E-state index contributed by atoms with van der Waals surface area (Å²) in [4.78, 5) is 11.0. The molecule has 1 aromatic rings. The molecule has 3 nitrogen and oxygen atoms in total. The van der Waals surface area contributed by atoms with E-state index < -0.39 is 18.4 Å². The molecule has 0 radical (unpaired) electrons. The Bertz CT molecular complexity index is 438. The van der Waals surface area contributed by atoms with Crippen molar-refractivity contribution in [3.63, 3.8) is 0 Å². The molecule has 0 N–H and O–H groups in total. The zero-order chi connectivity index (χ0) is 13.7. The van der Waals surface area contributed by atoms with E-state index in [4.69, 9.17) is 0 Å². The Labute approximate surface area is 110 Å². The van der Waals surface area contributed by atoms with Crippen LogP contribution in [0.5, 0.6) is 5.75 Å². The Balaban J connectivity index is 3.05. The van der Waals surface area contributed by atoms with Gasteiger partial charge in [-0.2, -0.15) is 8.78 Å². The molecule has 0 saturated heterocycles. The number of carbonyl (C=O) groups is 1. The largest absolute Gasteiger partial charge is 0.469 e. The molecule has 0 aliphatic carbocycles. The quantitative estimate of drug-likeness (QED) is 0.616. The lowest BCUT2D eigenvalue weighted by Crippen LogP contribution is -2.09. The second-order valence-corrected chi connectivity index (χ2v) is 3.88. The normalized spacial score (nSPS) is 10.6. The first-order valence-corrected chi connectivity index (χ1v) is 5.99. The third-order valence-corrected chi connectivity index (χ3v) is 2.76. The Morgan fingerprint density at radius 2 is 2.06 bits per heavy atom. The number of benzene rings is 1. The Morgan fingerprint density at radius 1 is 1.39 bits per heavy atom. The number of halogens is 4. The average Bonchev–Trinajstić information content (AvgIpc) is 2.31. The van der Waals surface area contributed by atoms with E-state index in [1.165, 1.54) is 13.2 Å². The van der Waals surface area contributed by atoms with Crippen molar-refractivity contribution in [1.29, 1.82) is 0 Å². The maximum atomic E-state index is 13.6. The summed E-state index contributed by atoms with van der Waals surface area (Å²) >= 11 is 3.08. The minimum absolute atomic E-state index is 0.0675. The zero-order valence-electron chi connectivity index (χ0n) is 9.38. The van der Waals surface area contributed by atoms with Gasteiger partial charge in [-0.1, -0.05) is 15.9 Å². The summed E-state index contributed by atoms with van der Waals surface area (Å²) in [6.45, 7) is -3.03. The highest BCUT2D eigenvalue weighted by Gasteiger charge is 2.16. The monoisotopic (exact) mass is 326 g/mol. The lowest BCUT2D eigenvalue weighted by Gasteiger charge is -2.11. The van der Waals surface area contributed by atoms with E-state index in [1.54, 1.807) is 0 Å². The number of ether oxygens (including phenoxy) is 2. The van der Waals surface area contributed by atoms with Crippen LogP contribution in [0.3, 0.4) is 0 Å². The molecule has 0 atom stereocenters. The van der Waals surface area contributed by atoms with Gasteiger partial charge in [0, 0.05) is 17.0 Å². The summed E-state index contributed by atoms with van der Waals surface area (Å²) in [5.74, 6) is -1.66. The van der Waals surface area contributed by atoms with Crippen LogP contribution < -0.4 is 4.74 Å². The van der Waals surface area contributed by atoms with Gasteiger partial charge in [-0.15, -0.1) is 0 Å². The van der Waals surface area contributed by atoms with Gasteiger partial charge in [0.2, 0.25) is 0 Å². The van der Waals surface area contributed by atoms with Crippen molar-refractivity contribution in [2.45, 2.75) is 18.4 Å². The van der Waals surface area contributed by atoms with E-state index in [9.17, 15) is 18.0 Å². The number of hydrogen-bond acceptors (Lipinski definition) is 3. The number of esters is 1. The summed E-state index contributed by atoms with van der Waals surface area (Å²) < 4.78 is 46.4. The van der Waals surface area contributed by atoms with Crippen LogP contribution in [0.25, 0.3) is 0 Å². The molecule has 0 amide bonds. The summed E-state index contributed by atoms with van der Waals surface area (Å²) in [7, 11) is 1.18. The molecule has 0 aliphatic heterocycles. The SMILES string of the molecule is COC(=O)Cc1cc(CBr)c(OC(F)F)cc1F. The van der Waals surface area contributed by atoms with Crippen LogP contribution in [0.2, 0.25) is 0 Å². The van der Waals surface area contributed by atoms with Crippen LogP contribution in [0.1, 0.15) is 11.1 Å². The zero-order valence-corrected chi connectivity index (χ0v) is 11.0. The fourth-order valence-electron chi connectivity index (χ4n) is 1.32. The van der Waals surface area contributed by atoms with Crippen LogP contribution in [0.4, 0.5) is 13.2 Å². The Morgan fingerprint density at radius 3 is 2.56 bits per heavy atom. The first-order chi connectivity index (χ1) is 8.47. The summed E-state index contributed by atoms with van der Waals surface area (Å²) in [5, 5.41) is 0.198. The second kappa shape index (κ2) is 6.63. The summed E-state index contributed by atoms with van der Waals surface area (Å²) in [6.07, 6.45) is -0.267. The maximum absolute atomic E-state index is 13.6. The van der Waals surface area contributed by atoms with Crippen LogP contribution in [0.15, 0.2) is 12.1 Å². The molecule has 0 bridgehead atoms. The average molecular weight is 327 g/mol. The Kier molecular flexibility index (Phi) is 5.46. The topological polar surface area (TPSA) is 35.5 Å². The lowest BCUT2D eigenvalue weighted by molar-refractivity contribution is -0.139. The van der Waals surface area contributed by atoms with Crippen molar-refractivity contribution >= 4 is 21.9 Å².